The van der Waals surface area contributed by atoms with Crippen LogP contribution in [0.15, 0.2) is 24.3 Å². The highest BCUT2D eigenvalue weighted by molar-refractivity contribution is 6.29. The third-order valence-corrected chi connectivity index (χ3v) is 3.19. The van der Waals surface area contributed by atoms with Crippen molar-refractivity contribution in [3.05, 3.63) is 35.0 Å². The number of halogens is 1. The molecule has 0 N–H and O–H groups in total. The first-order valence-electron chi connectivity index (χ1n) is 5.66. The van der Waals surface area contributed by atoms with Gasteiger partial charge in [0, 0.05) is 18.7 Å². The summed E-state index contributed by atoms with van der Waals surface area (Å²) in [5.74, 6) is 0.946. The molecule has 0 saturated heterocycles. The van der Waals surface area contributed by atoms with Crippen LogP contribution >= 0.6 is 11.6 Å². The van der Waals surface area contributed by atoms with Crippen molar-refractivity contribution < 1.29 is 9.53 Å². The standard InChI is InChI=1S/C13H10ClN3O2/c1-7(18)8-3-4-9-11(5-8)19-13-10(17(9)2)6-12(14)15-16-13/h3-6H,1-2H3. The zero-order chi connectivity index (χ0) is 13.6. The summed E-state index contributed by atoms with van der Waals surface area (Å²) in [5, 5.41) is 7.97. The maximum atomic E-state index is 11.4. The Kier molecular flexibility index (Phi) is 2.64. The summed E-state index contributed by atoms with van der Waals surface area (Å²) in [4.78, 5) is 13.3. The van der Waals surface area contributed by atoms with Crippen LogP contribution in [0.4, 0.5) is 11.4 Å². The van der Waals surface area contributed by atoms with Crippen LogP contribution in [-0.4, -0.2) is 23.0 Å². The summed E-state index contributed by atoms with van der Waals surface area (Å²) < 4.78 is 5.67. The first-order chi connectivity index (χ1) is 9.06. The first kappa shape index (κ1) is 11.9. The van der Waals surface area contributed by atoms with Crippen molar-refractivity contribution in [1.82, 2.24) is 10.2 Å². The van der Waals surface area contributed by atoms with Gasteiger partial charge in [-0.3, -0.25) is 4.79 Å². The van der Waals surface area contributed by atoms with E-state index < -0.39 is 0 Å². The highest BCUT2D eigenvalue weighted by Gasteiger charge is 2.24. The van der Waals surface area contributed by atoms with E-state index >= 15 is 0 Å². The molecule has 3 rings (SSSR count). The lowest BCUT2D eigenvalue weighted by atomic mass is 10.1. The first-order valence-corrected chi connectivity index (χ1v) is 6.04. The van der Waals surface area contributed by atoms with E-state index in [9.17, 15) is 4.79 Å². The number of hydrogen-bond acceptors (Lipinski definition) is 5. The minimum Gasteiger partial charge on any atom is -0.434 e. The van der Waals surface area contributed by atoms with Crippen molar-refractivity contribution in [3.63, 3.8) is 0 Å². The number of rotatable bonds is 1. The largest absolute Gasteiger partial charge is 0.434 e. The van der Waals surface area contributed by atoms with Crippen molar-refractivity contribution in [3.8, 4) is 11.6 Å². The monoisotopic (exact) mass is 275 g/mol. The lowest BCUT2D eigenvalue weighted by Gasteiger charge is -2.28. The SMILES string of the molecule is CC(=O)c1ccc2c(c1)Oc1nnc(Cl)cc1N2C. The Morgan fingerprint density at radius 2 is 2.05 bits per heavy atom. The number of anilines is 2. The van der Waals surface area contributed by atoms with Crippen LogP contribution in [0.3, 0.4) is 0 Å². The van der Waals surface area contributed by atoms with Gasteiger partial charge in [0.05, 0.1) is 5.69 Å². The van der Waals surface area contributed by atoms with Gasteiger partial charge in [0.2, 0.25) is 0 Å². The number of benzene rings is 1. The van der Waals surface area contributed by atoms with Crippen molar-refractivity contribution in [2.24, 2.45) is 0 Å². The molecule has 6 heteroatoms. The molecule has 0 aliphatic carbocycles. The highest BCUT2D eigenvalue weighted by atomic mass is 35.5. The Hall–Kier alpha value is -2.14. The maximum Gasteiger partial charge on any atom is 0.263 e. The van der Waals surface area contributed by atoms with Crippen molar-refractivity contribution in [1.29, 1.82) is 0 Å². The number of Topliss-reactive ketones (excluding diaryl/α,β-unsaturated/α-hetero) is 1. The van der Waals surface area contributed by atoms with Gasteiger partial charge < -0.3 is 9.64 Å². The third-order valence-electron chi connectivity index (χ3n) is 3.01. The molecule has 1 aliphatic rings. The summed E-state index contributed by atoms with van der Waals surface area (Å²) in [6.45, 7) is 1.52. The molecule has 2 aromatic rings. The fourth-order valence-corrected chi connectivity index (χ4v) is 2.13. The Balaban J connectivity index is 2.12. The molecule has 1 aliphatic heterocycles. The smallest absolute Gasteiger partial charge is 0.263 e. The summed E-state index contributed by atoms with van der Waals surface area (Å²) in [6, 6.07) is 6.99. The number of carbonyl (C=O) groups excluding carboxylic acids is 1. The van der Waals surface area contributed by atoms with Crippen LogP contribution in [-0.2, 0) is 0 Å². The number of hydrogen-bond donors (Lipinski definition) is 0. The van der Waals surface area contributed by atoms with E-state index in [4.69, 9.17) is 16.3 Å². The Morgan fingerprint density at radius 1 is 1.26 bits per heavy atom. The molecule has 0 unspecified atom stereocenters. The van der Waals surface area contributed by atoms with E-state index in [0.717, 1.165) is 11.4 Å². The molecular formula is C13H10ClN3O2. The average Bonchev–Trinajstić information content (AvgIpc) is 2.39. The number of ether oxygens (including phenoxy) is 1. The van der Waals surface area contributed by atoms with Crippen molar-refractivity contribution in [2.75, 3.05) is 11.9 Å². The predicted octanol–water partition coefficient (Wildman–Crippen LogP) is 3.21. The van der Waals surface area contributed by atoms with Gasteiger partial charge in [-0.25, -0.2) is 0 Å². The Labute approximate surface area is 114 Å². The van der Waals surface area contributed by atoms with E-state index in [1.54, 1.807) is 18.2 Å². The quantitative estimate of drug-likeness (QED) is 0.748. The molecule has 0 atom stereocenters. The van der Waals surface area contributed by atoms with Crippen LogP contribution in [0.1, 0.15) is 17.3 Å². The van der Waals surface area contributed by atoms with Gasteiger partial charge in [-0.2, -0.15) is 0 Å². The summed E-state index contributed by atoms with van der Waals surface area (Å²) >= 11 is 5.84. The van der Waals surface area contributed by atoms with Crippen LogP contribution in [0.5, 0.6) is 11.6 Å². The lowest BCUT2D eigenvalue weighted by molar-refractivity contribution is 0.101. The second-order valence-electron chi connectivity index (χ2n) is 4.26. The molecule has 0 fully saturated rings. The second-order valence-corrected chi connectivity index (χ2v) is 4.64. The maximum absolute atomic E-state index is 11.4. The molecule has 0 saturated carbocycles. The Bertz CT molecular complexity index is 688. The average molecular weight is 276 g/mol. The third kappa shape index (κ3) is 1.92. The molecule has 96 valence electrons. The van der Waals surface area contributed by atoms with Crippen LogP contribution in [0.25, 0.3) is 0 Å². The molecule has 0 amide bonds. The highest BCUT2D eigenvalue weighted by Crippen LogP contribution is 2.45. The van der Waals surface area contributed by atoms with Gasteiger partial charge in [0.1, 0.15) is 5.69 Å². The summed E-state index contributed by atoms with van der Waals surface area (Å²) in [6.07, 6.45) is 0. The van der Waals surface area contributed by atoms with Crippen LogP contribution in [0.2, 0.25) is 5.15 Å². The van der Waals surface area contributed by atoms with E-state index in [-0.39, 0.29) is 5.78 Å². The van der Waals surface area contributed by atoms with E-state index in [1.165, 1.54) is 6.92 Å². The molecule has 0 radical (unpaired) electrons. The topological polar surface area (TPSA) is 55.3 Å². The van der Waals surface area contributed by atoms with Gasteiger partial charge in [0.25, 0.3) is 5.88 Å². The predicted molar refractivity (Wildman–Crippen MR) is 71.6 cm³/mol. The fourth-order valence-electron chi connectivity index (χ4n) is 1.99. The van der Waals surface area contributed by atoms with E-state index in [0.29, 0.717) is 22.3 Å². The summed E-state index contributed by atoms with van der Waals surface area (Å²) in [5.41, 5.74) is 2.18. The van der Waals surface area contributed by atoms with Gasteiger partial charge in [-0.15, -0.1) is 10.2 Å². The molecule has 0 spiro atoms. The number of fused-ring (bicyclic) bond motifs is 2. The lowest BCUT2D eigenvalue weighted by Crippen LogP contribution is -2.17. The number of ketones is 1. The molecule has 5 nitrogen and oxygen atoms in total. The van der Waals surface area contributed by atoms with Crippen molar-refractivity contribution in [2.45, 2.75) is 6.92 Å². The molecule has 2 heterocycles. The minimum absolute atomic E-state index is 0.0120. The van der Waals surface area contributed by atoms with Crippen LogP contribution in [0, 0.1) is 0 Å². The fraction of sp³-hybridized carbons (Fsp3) is 0.154. The second kappa shape index (κ2) is 4.20. The van der Waals surface area contributed by atoms with E-state index in [1.807, 2.05) is 18.0 Å². The Morgan fingerprint density at radius 3 is 2.79 bits per heavy atom. The zero-order valence-corrected chi connectivity index (χ0v) is 11.1. The van der Waals surface area contributed by atoms with Gasteiger partial charge in [-0.1, -0.05) is 11.6 Å². The van der Waals surface area contributed by atoms with Gasteiger partial charge in [0.15, 0.2) is 16.7 Å². The molecule has 1 aromatic heterocycles. The number of nitrogens with zero attached hydrogens (tertiary/aromatic N) is 3. The normalized spacial score (nSPS) is 12.5. The van der Waals surface area contributed by atoms with Crippen molar-refractivity contribution >= 4 is 28.8 Å². The molecule has 19 heavy (non-hydrogen) atoms. The molecular weight excluding hydrogens is 266 g/mol. The van der Waals surface area contributed by atoms with Gasteiger partial charge >= 0.3 is 0 Å². The minimum atomic E-state index is -0.0120. The summed E-state index contributed by atoms with van der Waals surface area (Å²) in [7, 11) is 1.88. The number of carbonyl (C=O) groups is 1. The van der Waals surface area contributed by atoms with E-state index in [2.05, 4.69) is 10.2 Å². The zero-order valence-electron chi connectivity index (χ0n) is 10.3. The van der Waals surface area contributed by atoms with Crippen LogP contribution < -0.4 is 9.64 Å². The van der Waals surface area contributed by atoms with Gasteiger partial charge in [-0.05, 0) is 25.1 Å². The molecule has 1 aromatic carbocycles. The molecule has 0 bridgehead atoms. The number of aromatic nitrogens is 2.